The molecule has 1 aliphatic carbocycles. The van der Waals surface area contributed by atoms with Gasteiger partial charge in [0.25, 0.3) is 0 Å². The van der Waals surface area contributed by atoms with Gasteiger partial charge in [-0.25, -0.2) is 9.45 Å². The summed E-state index contributed by atoms with van der Waals surface area (Å²) in [6, 6.07) is 8.35. The predicted octanol–water partition coefficient (Wildman–Crippen LogP) is 3.81. The van der Waals surface area contributed by atoms with Crippen LogP contribution in [0.3, 0.4) is 0 Å². The molecule has 0 unspecified atom stereocenters. The summed E-state index contributed by atoms with van der Waals surface area (Å²) < 4.78 is 15.1. The zero-order valence-electron chi connectivity index (χ0n) is 15.7. The molecule has 0 spiro atoms. The second-order valence-electron chi connectivity index (χ2n) is 7.72. The van der Waals surface area contributed by atoms with E-state index in [4.69, 9.17) is 4.84 Å². The fourth-order valence-electron chi connectivity index (χ4n) is 4.36. The van der Waals surface area contributed by atoms with Crippen molar-refractivity contribution in [3.8, 4) is 0 Å². The molecule has 1 aromatic carbocycles. The van der Waals surface area contributed by atoms with Crippen molar-refractivity contribution < 1.29 is 14.0 Å². The van der Waals surface area contributed by atoms with E-state index in [1.807, 2.05) is 17.9 Å². The van der Waals surface area contributed by atoms with Crippen LogP contribution in [-0.4, -0.2) is 27.4 Å². The SMILES string of the molecule is Cn1nccc1C[C@H]1CC[C@H](C(=O)N2OCC[C@H]2c2ccc(F)cc2)CC1. The lowest BCUT2D eigenvalue weighted by Gasteiger charge is -2.32. The monoisotopic (exact) mass is 371 g/mol. The Kier molecular flexibility index (Phi) is 5.25. The Labute approximate surface area is 159 Å². The van der Waals surface area contributed by atoms with E-state index >= 15 is 0 Å². The molecule has 6 heteroatoms. The minimum absolute atomic E-state index is 0.0221. The first-order valence-corrected chi connectivity index (χ1v) is 9.80. The third kappa shape index (κ3) is 3.90. The van der Waals surface area contributed by atoms with Crippen LogP contribution in [0.1, 0.15) is 49.4 Å². The van der Waals surface area contributed by atoms with Crippen LogP contribution in [0.15, 0.2) is 36.5 Å². The molecule has 2 heterocycles. The van der Waals surface area contributed by atoms with Gasteiger partial charge in [-0.1, -0.05) is 12.1 Å². The number of hydroxylamine groups is 2. The molecule has 1 atom stereocenters. The minimum atomic E-state index is -0.262. The summed E-state index contributed by atoms with van der Waals surface area (Å²) in [5, 5.41) is 5.79. The zero-order chi connectivity index (χ0) is 18.8. The fourth-order valence-corrected chi connectivity index (χ4v) is 4.36. The van der Waals surface area contributed by atoms with Gasteiger partial charge in [0.05, 0.1) is 12.6 Å². The van der Waals surface area contributed by atoms with Crippen molar-refractivity contribution in [1.82, 2.24) is 14.8 Å². The van der Waals surface area contributed by atoms with Crippen LogP contribution in [0.25, 0.3) is 0 Å². The molecule has 2 fully saturated rings. The number of aromatic nitrogens is 2. The van der Waals surface area contributed by atoms with Crippen LogP contribution in [0, 0.1) is 17.7 Å². The first-order chi connectivity index (χ1) is 13.1. The number of nitrogens with zero attached hydrogens (tertiary/aromatic N) is 3. The van der Waals surface area contributed by atoms with Gasteiger partial charge >= 0.3 is 0 Å². The van der Waals surface area contributed by atoms with Gasteiger partial charge in [-0.2, -0.15) is 5.10 Å². The highest BCUT2D eigenvalue weighted by atomic mass is 19.1. The normalized spacial score (nSPS) is 25.7. The molecule has 144 valence electrons. The van der Waals surface area contributed by atoms with Crippen molar-refractivity contribution in [3.05, 3.63) is 53.6 Å². The Balaban J connectivity index is 1.36. The van der Waals surface area contributed by atoms with Gasteiger partial charge in [-0.15, -0.1) is 0 Å². The van der Waals surface area contributed by atoms with Gasteiger partial charge in [-0.3, -0.25) is 14.3 Å². The maximum absolute atomic E-state index is 13.2. The average molecular weight is 371 g/mol. The van der Waals surface area contributed by atoms with Gasteiger partial charge in [-0.05, 0) is 61.8 Å². The summed E-state index contributed by atoms with van der Waals surface area (Å²) in [5.41, 5.74) is 2.19. The number of amides is 1. The second-order valence-corrected chi connectivity index (χ2v) is 7.72. The number of carbonyl (C=O) groups excluding carboxylic acids is 1. The molecule has 1 saturated heterocycles. The summed E-state index contributed by atoms with van der Waals surface area (Å²) >= 11 is 0. The Morgan fingerprint density at radius 2 is 1.89 bits per heavy atom. The van der Waals surface area contributed by atoms with Crippen LogP contribution >= 0.6 is 0 Å². The fraction of sp³-hybridized carbons (Fsp3) is 0.524. The van der Waals surface area contributed by atoms with Gasteiger partial charge in [0.2, 0.25) is 5.91 Å². The lowest BCUT2D eigenvalue weighted by molar-refractivity contribution is -0.183. The number of benzene rings is 1. The largest absolute Gasteiger partial charge is 0.273 e. The topological polar surface area (TPSA) is 47.4 Å². The number of carbonyl (C=O) groups is 1. The predicted molar refractivity (Wildman–Crippen MR) is 98.9 cm³/mol. The lowest BCUT2D eigenvalue weighted by Crippen LogP contribution is -2.36. The van der Waals surface area contributed by atoms with Crippen molar-refractivity contribution >= 4 is 5.91 Å². The Morgan fingerprint density at radius 1 is 1.15 bits per heavy atom. The van der Waals surface area contributed by atoms with Crippen LogP contribution in [-0.2, 0) is 23.1 Å². The quantitative estimate of drug-likeness (QED) is 0.821. The summed E-state index contributed by atoms with van der Waals surface area (Å²) in [6.07, 6.45) is 7.52. The highest BCUT2D eigenvalue weighted by molar-refractivity contribution is 5.78. The molecule has 1 aliphatic heterocycles. The average Bonchev–Trinajstić information content (AvgIpc) is 3.32. The van der Waals surface area contributed by atoms with Crippen molar-refractivity contribution in [2.24, 2.45) is 18.9 Å². The maximum Gasteiger partial charge on any atom is 0.249 e. The van der Waals surface area contributed by atoms with E-state index in [-0.39, 0.29) is 23.7 Å². The molecule has 27 heavy (non-hydrogen) atoms. The molecular weight excluding hydrogens is 345 g/mol. The van der Waals surface area contributed by atoms with Gasteiger partial charge in [0.1, 0.15) is 5.82 Å². The van der Waals surface area contributed by atoms with Gasteiger partial charge in [0, 0.05) is 31.3 Å². The van der Waals surface area contributed by atoms with Crippen molar-refractivity contribution in [3.63, 3.8) is 0 Å². The Bertz CT molecular complexity index is 781. The molecule has 5 nitrogen and oxygen atoms in total. The third-order valence-electron chi connectivity index (χ3n) is 5.99. The van der Waals surface area contributed by atoms with Crippen molar-refractivity contribution in [2.45, 2.75) is 44.6 Å². The van der Waals surface area contributed by atoms with E-state index in [9.17, 15) is 9.18 Å². The van der Waals surface area contributed by atoms with Crippen LogP contribution in [0.2, 0.25) is 0 Å². The molecule has 4 rings (SSSR count). The Hall–Kier alpha value is -2.21. The summed E-state index contributed by atoms with van der Waals surface area (Å²) in [6.45, 7) is 0.531. The minimum Gasteiger partial charge on any atom is -0.273 e. The molecule has 2 aliphatic rings. The summed E-state index contributed by atoms with van der Waals surface area (Å²) in [4.78, 5) is 18.7. The number of rotatable bonds is 4. The van der Waals surface area contributed by atoms with E-state index in [0.717, 1.165) is 44.1 Å². The zero-order valence-corrected chi connectivity index (χ0v) is 15.7. The van der Waals surface area contributed by atoms with E-state index in [1.54, 1.807) is 17.2 Å². The molecule has 0 N–H and O–H groups in total. The smallest absolute Gasteiger partial charge is 0.249 e. The molecule has 0 bridgehead atoms. The second kappa shape index (κ2) is 7.80. The van der Waals surface area contributed by atoms with Crippen LogP contribution in [0.4, 0.5) is 4.39 Å². The van der Waals surface area contributed by atoms with Gasteiger partial charge in [0.15, 0.2) is 0 Å². The van der Waals surface area contributed by atoms with E-state index in [2.05, 4.69) is 11.2 Å². The summed E-state index contributed by atoms with van der Waals surface area (Å²) in [5.74, 6) is 0.453. The number of halogens is 1. The molecule has 1 amide bonds. The van der Waals surface area contributed by atoms with Crippen LogP contribution < -0.4 is 0 Å². The first kappa shape index (κ1) is 18.2. The maximum atomic E-state index is 13.2. The van der Waals surface area contributed by atoms with E-state index < -0.39 is 0 Å². The van der Waals surface area contributed by atoms with E-state index in [0.29, 0.717) is 12.5 Å². The third-order valence-corrected chi connectivity index (χ3v) is 5.99. The molecule has 1 aromatic heterocycles. The molecule has 1 saturated carbocycles. The Morgan fingerprint density at radius 3 is 2.56 bits per heavy atom. The first-order valence-electron chi connectivity index (χ1n) is 9.80. The highest BCUT2D eigenvalue weighted by Crippen LogP contribution is 2.37. The van der Waals surface area contributed by atoms with Crippen LogP contribution in [0.5, 0.6) is 0 Å². The van der Waals surface area contributed by atoms with Gasteiger partial charge < -0.3 is 0 Å². The lowest BCUT2D eigenvalue weighted by atomic mass is 9.79. The number of hydrogen-bond donors (Lipinski definition) is 0. The van der Waals surface area contributed by atoms with Crippen molar-refractivity contribution in [2.75, 3.05) is 6.61 Å². The molecular formula is C21H26FN3O2. The van der Waals surface area contributed by atoms with E-state index in [1.165, 1.54) is 17.8 Å². The standard InChI is InChI=1S/C21H26FN3O2/c1-24-19(10-12-23-24)14-15-2-4-17(5-3-15)21(26)25-20(11-13-27-25)16-6-8-18(22)9-7-16/h6-10,12,15,17,20H,2-5,11,13-14H2,1H3/t15-,17-,20-/m0/s1. The number of hydrogen-bond acceptors (Lipinski definition) is 3. The van der Waals surface area contributed by atoms with Crippen molar-refractivity contribution in [1.29, 1.82) is 0 Å². The summed E-state index contributed by atoms with van der Waals surface area (Å²) in [7, 11) is 1.98. The molecule has 2 aromatic rings. The molecule has 0 radical (unpaired) electrons. The highest BCUT2D eigenvalue weighted by Gasteiger charge is 2.37. The number of aryl methyl sites for hydroxylation is 1.